The van der Waals surface area contributed by atoms with Crippen molar-refractivity contribution in [2.75, 3.05) is 19.4 Å². The maximum atomic E-state index is 12.5. The molecule has 26 heavy (non-hydrogen) atoms. The minimum atomic E-state index is -3.57. The zero-order valence-corrected chi connectivity index (χ0v) is 17.5. The summed E-state index contributed by atoms with van der Waals surface area (Å²) in [6.45, 7) is 1.72. The van der Waals surface area contributed by atoms with E-state index in [9.17, 15) is 13.2 Å². The molecular formula is C17H18Cl2N2O3S2. The molecule has 0 spiro atoms. The molecule has 0 aromatic heterocycles. The molecule has 0 fully saturated rings. The first kappa shape index (κ1) is 21.1. The lowest BCUT2D eigenvalue weighted by atomic mass is 10.3. The Morgan fingerprint density at radius 2 is 1.69 bits per heavy atom. The van der Waals surface area contributed by atoms with Gasteiger partial charge in [-0.3, -0.25) is 4.79 Å². The van der Waals surface area contributed by atoms with Crippen LogP contribution in [0.25, 0.3) is 0 Å². The lowest BCUT2D eigenvalue weighted by Crippen LogP contribution is -2.24. The zero-order valence-electron chi connectivity index (χ0n) is 14.4. The van der Waals surface area contributed by atoms with Crippen molar-refractivity contribution in [2.45, 2.75) is 22.0 Å². The summed E-state index contributed by atoms with van der Waals surface area (Å²) in [5, 5.41) is 3.19. The van der Waals surface area contributed by atoms with E-state index in [2.05, 4.69) is 5.32 Å². The van der Waals surface area contributed by atoms with Gasteiger partial charge in [-0.15, -0.1) is 11.8 Å². The predicted molar refractivity (Wildman–Crippen MR) is 108 cm³/mol. The summed E-state index contributed by atoms with van der Waals surface area (Å²) < 4.78 is 25.5. The molecule has 1 unspecified atom stereocenters. The molecular weight excluding hydrogens is 415 g/mol. The molecule has 1 N–H and O–H groups in total. The monoisotopic (exact) mass is 432 g/mol. The number of hydrogen-bond donors (Lipinski definition) is 1. The Bertz CT molecular complexity index is 898. The van der Waals surface area contributed by atoms with Crippen molar-refractivity contribution in [1.82, 2.24) is 4.31 Å². The second-order valence-corrected chi connectivity index (χ2v) is 9.93. The van der Waals surface area contributed by atoms with Gasteiger partial charge in [0.1, 0.15) is 0 Å². The standard InChI is InChI=1S/C17H18Cl2N2O3S2/c1-11(25-16-14(18)8-5-9-15(16)19)17(22)20-12-6-4-7-13(10-12)26(23,24)21(2)3/h4-11H,1-3H3,(H,20,22). The van der Waals surface area contributed by atoms with Crippen LogP contribution in [0.15, 0.2) is 52.3 Å². The van der Waals surface area contributed by atoms with Crippen LogP contribution >= 0.6 is 35.0 Å². The van der Waals surface area contributed by atoms with E-state index in [4.69, 9.17) is 23.2 Å². The van der Waals surface area contributed by atoms with E-state index in [1.807, 2.05) is 0 Å². The Labute approximate surface area is 167 Å². The first-order valence-electron chi connectivity index (χ1n) is 7.57. The van der Waals surface area contributed by atoms with Crippen LogP contribution in [0.1, 0.15) is 6.92 Å². The number of nitrogens with zero attached hydrogens (tertiary/aromatic N) is 1. The lowest BCUT2D eigenvalue weighted by molar-refractivity contribution is -0.115. The van der Waals surface area contributed by atoms with Gasteiger partial charge in [-0.1, -0.05) is 35.3 Å². The van der Waals surface area contributed by atoms with Gasteiger partial charge in [-0.2, -0.15) is 0 Å². The highest BCUT2D eigenvalue weighted by Crippen LogP contribution is 2.36. The van der Waals surface area contributed by atoms with Crippen LogP contribution in [-0.4, -0.2) is 38.0 Å². The number of anilines is 1. The SMILES string of the molecule is CC(Sc1c(Cl)cccc1Cl)C(=O)Nc1cccc(S(=O)(=O)N(C)C)c1. The molecule has 140 valence electrons. The molecule has 0 aliphatic heterocycles. The molecule has 0 aliphatic rings. The van der Waals surface area contributed by atoms with Gasteiger partial charge in [-0.25, -0.2) is 12.7 Å². The molecule has 0 aliphatic carbocycles. The smallest absolute Gasteiger partial charge is 0.242 e. The number of thioether (sulfide) groups is 1. The van der Waals surface area contributed by atoms with Crippen molar-refractivity contribution in [3.63, 3.8) is 0 Å². The van der Waals surface area contributed by atoms with Gasteiger partial charge >= 0.3 is 0 Å². The van der Waals surface area contributed by atoms with Crippen LogP contribution in [0.5, 0.6) is 0 Å². The van der Waals surface area contributed by atoms with Crippen LogP contribution < -0.4 is 5.32 Å². The molecule has 9 heteroatoms. The second-order valence-electron chi connectivity index (χ2n) is 5.62. The number of hydrogen-bond acceptors (Lipinski definition) is 4. The maximum Gasteiger partial charge on any atom is 0.242 e. The van der Waals surface area contributed by atoms with Crippen molar-refractivity contribution in [2.24, 2.45) is 0 Å². The molecule has 0 saturated carbocycles. The lowest BCUT2D eigenvalue weighted by Gasteiger charge is -2.15. The Kier molecular flexibility index (Phi) is 6.99. The molecule has 2 aromatic rings. The summed E-state index contributed by atoms with van der Waals surface area (Å²) in [6, 6.07) is 11.3. The topological polar surface area (TPSA) is 66.5 Å². The van der Waals surface area contributed by atoms with Crippen molar-refractivity contribution < 1.29 is 13.2 Å². The van der Waals surface area contributed by atoms with Gasteiger partial charge in [0.15, 0.2) is 0 Å². The summed E-state index contributed by atoms with van der Waals surface area (Å²) >= 11 is 13.5. The summed E-state index contributed by atoms with van der Waals surface area (Å²) in [7, 11) is -0.671. The number of benzene rings is 2. The summed E-state index contributed by atoms with van der Waals surface area (Å²) in [5.74, 6) is -0.287. The Hall–Kier alpha value is -1.25. The van der Waals surface area contributed by atoms with Crippen LogP contribution in [0.4, 0.5) is 5.69 Å². The molecule has 2 aromatic carbocycles. The third kappa shape index (κ3) is 4.92. The van der Waals surface area contributed by atoms with Gasteiger partial charge < -0.3 is 5.32 Å². The molecule has 2 rings (SSSR count). The largest absolute Gasteiger partial charge is 0.325 e. The number of nitrogens with one attached hydrogen (secondary N) is 1. The molecule has 0 heterocycles. The predicted octanol–water partition coefficient (Wildman–Crippen LogP) is 4.36. The van der Waals surface area contributed by atoms with E-state index in [1.54, 1.807) is 37.3 Å². The Balaban J connectivity index is 2.15. The number of amides is 1. The zero-order chi connectivity index (χ0) is 19.5. The van der Waals surface area contributed by atoms with E-state index in [0.717, 1.165) is 4.31 Å². The van der Waals surface area contributed by atoms with Crippen LogP contribution in [0.3, 0.4) is 0 Å². The van der Waals surface area contributed by atoms with Crippen molar-refractivity contribution >= 4 is 56.6 Å². The quantitative estimate of drug-likeness (QED) is 0.688. The third-order valence-electron chi connectivity index (χ3n) is 3.46. The number of sulfonamides is 1. The molecule has 0 bridgehead atoms. The van der Waals surface area contributed by atoms with Gasteiger partial charge in [0, 0.05) is 24.7 Å². The highest BCUT2D eigenvalue weighted by atomic mass is 35.5. The minimum Gasteiger partial charge on any atom is -0.325 e. The maximum absolute atomic E-state index is 12.5. The minimum absolute atomic E-state index is 0.106. The Morgan fingerprint density at radius 3 is 2.27 bits per heavy atom. The van der Waals surface area contributed by atoms with Gasteiger partial charge in [0.25, 0.3) is 0 Å². The number of carbonyl (C=O) groups is 1. The summed E-state index contributed by atoms with van der Waals surface area (Å²) in [6.07, 6.45) is 0. The van der Waals surface area contributed by atoms with E-state index in [1.165, 1.54) is 38.0 Å². The van der Waals surface area contributed by atoms with E-state index in [0.29, 0.717) is 20.6 Å². The van der Waals surface area contributed by atoms with Crippen LogP contribution in [-0.2, 0) is 14.8 Å². The fourth-order valence-electron chi connectivity index (χ4n) is 2.01. The Morgan fingerprint density at radius 1 is 1.12 bits per heavy atom. The van der Waals surface area contributed by atoms with Crippen molar-refractivity contribution in [3.8, 4) is 0 Å². The van der Waals surface area contributed by atoms with Gasteiger partial charge in [0.05, 0.1) is 20.2 Å². The van der Waals surface area contributed by atoms with Crippen molar-refractivity contribution in [3.05, 3.63) is 52.5 Å². The number of halogens is 2. The third-order valence-corrected chi connectivity index (χ3v) is 7.37. The first-order chi connectivity index (χ1) is 12.1. The van der Waals surface area contributed by atoms with Crippen LogP contribution in [0.2, 0.25) is 10.0 Å². The fourth-order valence-corrected chi connectivity index (χ4v) is 4.51. The molecule has 5 nitrogen and oxygen atoms in total. The van der Waals surface area contributed by atoms with Crippen LogP contribution in [0, 0.1) is 0 Å². The van der Waals surface area contributed by atoms with Crippen molar-refractivity contribution in [1.29, 1.82) is 0 Å². The van der Waals surface area contributed by atoms with Gasteiger partial charge in [-0.05, 0) is 37.3 Å². The van der Waals surface area contributed by atoms with E-state index >= 15 is 0 Å². The highest BCUT2D eigenvalue weighted by Gasteiger charge is 2.20. The first-order valence-corrected chi connectivity index (χ1v) is 10.6. The molecule has 0 radical (unpaired) electrons. The summed E-state index contributed by atoms with van der Waals surface area (Å²) in [5.41, 5.74) is 0.399. The average Bonchev–Trinajstić information content (AvgIpc) is 2.58. The second kappa shape index (κ2) is 8.63. The molecule has 0 saturated heterocycles. The number of carbonyl (C=O) groups excluding carboxylic acids is 1. The fraction of sp³-hybridized carbons (Fsp3) is 0.235. The highest BCUT2D eigenvalue weighted by molar-refractivity contribution is 8.00. The van der Waals surface area contributed by atoms with E-state index in [-0.39, 0.29) is 10.8 Å². The average molecular weight is 433 g/mol. The summed E-state index contributed by atoms with van der Waals surface area (Å²) in [4.78, 5) is 13.2. The van der Waals surface area contributed by atoms with E-state index < -0.39 is 15.3 Å². The normalized spacial score (nSPS) is 12.8. The number of rotatable bonds is 6. The van der Waals surface area contributed by atoms with Gasteiger partial charge in [0.2, 0.25) is 15.9 Å². The molecule has 1 atom stereocenters. The molecule has 1 amide bonds.